The number of fused-ring (bicyclic) bond motifs is 3. The van der Waals surface area contributed by atoms with Gasteiger partial charge in [0, 0.05) is 12.5 Å². The van der Waals surface area contributed by atoms with Crippen molar-refractivity contribution in [1.29, 1.82) is 0 Å². The highest BCUT2D eigenvalue weighted by atomic mass is 16.5. The molecule has 5 nitrogen and oxygen atoms in total. The van der Waals surface area contributed by atoms with Crippen LogP contribution in [0, 0.1) is 5.41 Å². The monoisotopic (exact) mass is 363 g/mol. The number of alkyl carbamates (subject to hydrolysis) is 1. The van der Waals surface area contributed by atoms with Gasteiger partial charge < -0.3 is 15.2 Å². The van der Waals surface area contributed by atoms with E-state index >= 15 is 0 Å². The van der Waals surface area contributed by atoms with Crippen LogP contribution in [-0.2, 0) is 9.53 Å². The minimum Gasteiger partial charge on any atom is -0.481 e. The second kappa shape index (κ2) is 6.58. The van der Waals surface area contributed by atoms with Gasteiger partial charge in [0.15, 0.2) is 0 Å². The molecule has 2 aromatic carbocycles. The van der Waals surface area contributed by atoms with Gasteiger partial charge >= 0.3 is 12.1 Å². The Labute approximate surface area is 157 Å². The fraction of sp³-hybridized carbons (Fsp3) is 0.273. The molecule has 2 N–H and O–H groups in total. The first kappa shape index (κ1) is 17.3. The topological polar surface area (TPSA) is 75.6 Å². The molecule has 0 saturated heterocycles. The van der Waals surface area contributed by atoms with Crippen molar-refractivity contribution >= 4 is 12.1 Å². The molecule has 138 valence electrons. The van der Waals surface area contributed by atoms with E-state index in [1.54, 1.807) is 0 Å². The quantitative estimate of drug-likeness (QED) is 0.789. The first-order valence-corrected chi connectivity index (χ1v) is 8.99. The largest absolute Gasteiger partial charge is 0.481 e. The second-order valence-corrected chi connectivity index (χ2v) is 7.37. The SMILES string of the molecule is C=C1CC(CNC(=O)OCC2c3ccccc3-c3ccccc32)(C(=O)O)C1. The van der Waals surface area contributed by atoms with Crippen molar-refractivity contribution in [1.82, 2.24) is 5.32 Å². The van der Waals surface area contributed by atoms with Crippen molar-refractivity contribution in [2.45, 2.75) is 18.8 Å². The van der Waals surface area contributed by atoms with Crippen LogP contribution in [0.1, 0.15) is 29.9 Å². The van der Waals surface area contributed by atoms with Crippen LogP contribution in [0.2, 0.25) is 0 Å². The standard InChI is InChI=1S/C22H21NO4/c1-14-10-22(11-14,20(24)25)13-23-21(26)27-12-19-17-8-4-2-6-15(17)16-7-3-5-9-18(16)19/h2-9,19H,1,10-13H2,(H,23,26)(H,24,25). The Morgan fingerprint density at radius 3 is 2.15 bits per heavy atom. The van der Waals surface area contributed by atoms with E-state index in [0.717, 1.165) is 16.7 Å². The molecule has 0 atom stereocenters. The molecule has 2 aromatic rings. The Balaban J connectivity index is 1.41. The summed E-state index contributed by atoms with van der Waals surface area (Å²) < 4.78 is 5.44. The highest BCUT2D eigenvalue weighted by Crippen LogP contribution is 2.45. The Bertz CT molecular complexity index is 880. The molecule has 0 heterocycles. The van der Waals surface area contributed by atoms with Gasteiger partial charge in [-0.05, 0) is 35.1 Å². The number of benzene rings is 2. The summed E-state index contributed by atoms with van der Waals surface area (Å²) in [6, 6.07) is 16.2. The highest BCUT2D eigenvalue weighted by Gasteiger charge is 2.47. The molecule has 4 rings (SSSR count). The number of carbonyl (C=O) groups excluding carboxylic acids is 1. The molecule has 5 heteroatoms. The summed E-state index contributed by atoms with van der Waals surface area (Å²) in [5, 5.41) is 12.0. The summed E-state index contributed by atoms with van der Waals surface area (Å²) >= 11 is 0. The summed E-state index contributed by atoms with van der Waals surface area (Å²) in [5.74, 6) is -0.922. The van der Waals surface area contributed by atoms with E-state index in [9.17, 15) is 14.7 Å². The maximum atomic E-state index is 12.2. The van der Waals surface area contributed by atoms with Crippen LogP contribution in [0.5, 0.6) is 0 Å². The average molecular weight is 363 g/mol. The molecule has 0 spiro atoms. The lowest BCUT2D eigenvalue weighted by atomic mass is 9.66. The van der Waals surface area contributed by atoms with E-state index in [4.69, 9.17) is 4.74 Å². The summed E-state index contributed by atoms with van der Waals surface area (Å²) in [7, 11) is 0. The minimum atomic E-state index is -0.942. The predicted molar refractivity (Wildman–Crippen MR) is 102 cm³/mol. The van der Waals surface area contributed by atoms with E-state index in [1.807, 2.05) is 24.3 Å². The molecular weight excluding hydrogens is 342 g/mol. The van der Waals surface area contributed by atoms with Gasteiger partial charge in [0.2, 0.25) is 0 Å². The fourth-order valence-electron chi connectivity index (χ4n) is 4.15. The average Bonchev–Trinajstić information content (AvgIpc) is 2.96. The Morgan fingerprint density at radius 2 is 1.63 bits per heavy atom. The molecule has 27 heavy (non-hydrogen) atoms. The van der Waals surface area contributed by atoms with E-state index in [0.29, 0.717) is 12.8 Å². The predicted octanol–water partition coefficient (Wildman–Crippen LogP) is 3.95. The molecule has 1 fully saturated rings. The van der Waals surface area contributed by atoms with E-state index < -0.39 is 17.5 Å². The molecule has 0 aromatic heterocycles. The molecule has 2 aliphatic rings. The summed E-state index contributed by atoms with van der Waals surface area (Å²) in [6.45, 7) is 4.06. The van der Waals surface area contributed by atoms with Crippen molar-refractivity contribution in [3.63, 3.8) is 0 Å². The highest BCUT2D eigenvalue weighted by molar-refractivity contribution is 5.80. The first-order chi connectivity index (χ1) is 13.0. The second-order valence-electron chi connectivity index (χ2n) is 7.37. The van der Waals surface area contributed by atoms with Crippen molar-refractivity contribution in [2.24, 2.45) is 5.41 Å². The van der Waals surface area contributed by atoms with Crippen LogP contribution in [0.15, 0.2) is 60.7 Å². The minimum absolute atomic E-state index is 0.0138. The molecule has 0 radical (unpaired) electrons. The van der Waals surface area contributed by atoms with Gasteiger partial charge in [0.25, 0.3) is 0 Å². The number of carboxylic acids is 1. The molecule has 2 aliphatic carbocycles. The van der Waals surface area contributed by atoms with Crippen LogP contribution in [0.3, 0.4) is 0 Å². The molecular formula is C22H21NO4. The number of aliphatic carboxylic acids is 1. The Kier molecular flexibility index (Phi) is 4.22. The number of hydrogen-bond donors (Lipinski definition) is 2. The van der Waals surface area contributed by atoms with Gasteiger partial charge in [-0.15, -0.1) is 0 Å². The molecule has 1 saturated carbocycles. The molecule has 1 amide bonds. The van der Waals surface area contributed by atoms with Gasteiger partial charge in [-0.25, -0.2) is 4.79 Å². The zero-order valence-corrected chi connectivity index (χ0v) is 14.9. The Hall–Kier alpha value is -3.08. The van der Waals surface area contributed by atoms with Gasteiger partial charge in [0.05, 0.1) is 5.41 Å². The van der Waals surface area contributed by atoms with Crippen molar-refractivity contribution < 1.29 is 19.4 Å². The number of amides is 1. The molecule has 0 unspecified atom stereocenters. The lowest BCUT2D eigenvalue weighted by Gasteiger charge is -2.39. The summed E-state index contributed by atoms with van der Waals surface area (Å²) in [6.07, 6.45) is 0.202. The van der Waals surface area contributed by atoms with Crippen LogP contribution >= 0.6 is 0 Å². The maximum absolute atomic E-state index is 12.2. The van der Waals surface area contributed by atoms with Gasteiger partial charge in [-0.3, -0.25) is 4.79 Å². The lowest BCUT2D eigenvalue weighted by molar-refractivity contribution is -0.151. The number of rotatable bonds is 5. The third-order valence-corrected chi connectivity index (χ3v) is 5.55. The number of nitrogens with one attached hydrogen (secondary N) is 1. The van der Waals surface area contributed by atoms with Gasteiger partial charge in [-0.2, -0.15) is 0 Å². The van der Waals surface area contributed by atoms with Crippen LogP contribution in [-0.4, -0.2) is 30.3 Å². The van der Waals surface area contributed by atoms with Crippen molar-refractivity contribution in [3.05, 3.63) is 71.8 Å². The first-order valence-electron chi connectivity index (χ1n) is 8.99. The normalized spacial score (nSPS) is 16.8. The van der Waals surface area contributed by atoms with E-state index in [-0.39, 0.29) is 19.1 Å². The molecule has 0 aliphatic heterocycles. The van der Waals surface area contributed by atoms with Crippen LogP contribution in [0.25, 0.3) is 11.1 Å². The summed E-state index contributed by atoms with van der Waals surface area (Å²) in [4.78, 5) is 23.6. The third kappa shape index (κ3) is 2.99. The van der Waals surface area contributed by atoms with E-state index in [2.05, 4.69) is 36.2 Å². The number of ether oxygens (including phenoxy) is 1. The zero-order valence-electron chi connectivity index (χ0n) is 14.9. The number of allylic oxidation sites excluding steroid dienone is 1. The third-order valence-electron chi connectivity index (χ3n) is 5.55. The van der Waals surface area contributed by atoms with Gasteiger partial charge in [-0.1, -0.05) is 60.7 Å². The van der Waals surface area contributed by atoms with E-state index in [1.165, 1.54) is 11.1 Å². The zero-order chi connectivity index (χ0) is 19.0. The fourth-order valence-corrected chi connectivity index (χ4v) is 4.15. The van der Waals surface area contributed by atoms with Crippen LogP contribution in [0.4, 0.5) is 4.79 Å². The summed E-state index contributed by atoms with van der Waals surface area (Å²) in [5.41, 5.74) is 4.57. The lowest BCUT2D eigenvalue weighted by Crippen LogP contribution is -2.48. The van der Waals surface area contributed by atoms with Crippen molar-refractivity contribution in [3.8, 4) is 11.1 Å². The molecule has 0 bridgehead atoms. The van der Waals surface area contributed by atoms with Crippen molar-refractivity contribution in [2.75, 3.05) is 13.2 Å². The number of carbonyl (C=O) groups is 2. The number of hydrogen-bond acceptors (Lipinski definition) is 3. The smallest absolute Gasteiger partial charge is 0.407 e. The maximum Gasteiger partial charge on any atom is 0.407 e. The Morgan fingerprint density at radius 1 is 1.07 bits per heavy atom. The number of carboxylic acid groups (broad SMARTS) is 1. The van der Waals surface area contributed by atoms with Crippen LogP contribution < -0.4 is 5.32 Å². The van der Waals surface area contributed by atoms with Gasteiger partial charge in [0.1, 0.15) is 6.61 Å².